The van der Waals surface area contributed by atoms with Crippen molar-refractivity contribution in [2.45, 2.75) is 57.5 Å². The Morgan fingerprint density at radius 3 is 1.85 bits per heavy atom. The Labute approximate surface area is 199 Å². The van der Waals surface area contributed by atoms with Gasteiger partial charge in [-0.15, -0.1) is 0 Å². The molecule has 0 amide bonds. The number of hydrogen-bond acceptors (Lipinski definition) is 3. The highest BCUT2D eigenvalue weighted by molar-refractivity contribution is 6.99. The van der Waals surface area contributed by atoms with E-state index in [0.717, 1.165) is 19.4 Å². The van der Waals surface area contributed by atoms with Crippen LogP contribution in [0.5, 0.6) is 0 Å². The van der Waals surface area contributed by atoms with Gasteiger partial charge in [-0.25, -0.2) is 0 Å². The molecule has 0 saturated carbocycles. The minimum Gasteiger partial charge on any atom is -0.404 e. The van der Waals surface area contributed by atoms with Crippen LogP contribution in [0.2, 0.25) is 5.04 Å². The zero-order valence-electron chi connectivity index (χ0n) is 20.1. The predicted octanol–water partition coefficient (Wildman–Crippen LogP) is 5.33. The van der Waals surface area contributed by atoms with Gasteiger partial charge in [0.05, 0.1) is 25.4 Å². The molecule has 2 atom stereocenters. The SMILES string of the molecule is CC(C)(C)[Si](O[C@@H](CCOCc1ccccc1)C[C@H]1CO1)(c1ccccc1)c1ccccc1. The lowest BCUT2D eigenvalue weighted by Gasteiger charge is -2.45. The van der Waals surface area contributed by atoms with E-state index in [-0.39, 0.29) is 11.1 Å². The molecule has 3 nitrogen and oxygen atoms in total. The number of epoxide rings is 1. The Morgan fingerprint density at radius 1 is 0.848 bits per heavy atom. The van der Waals surface area contributed by atoms with Crippen LogP contribution in [0.15, 0.2) is 91.0 Å². The van der Waals surface area contributed by atoms with Gasteiger partial charge in [-0.3, -0.25) is 0 Å². The minimum atomic E-state index is -2.59. The first-order valence-electron chi connectivity index (χ1n) is 12.0. The van der Waals surface area contributed by atoms with Gasteiger partial charge >= 0.3 is 0 Å². The van der Waals surface area contributed by atoms with Gasteiger partial charge in [-0.2, -0.15) is 0 Å². The molecule has 174 valence electrons. The highest BCUT2D eigenvalue weighted by Gasteiger charge is 2.51. The zero-order valence-corrected chi connectivity index (χ0v) is 21.1. The Hall–Kier alpha value is -2.24. The molecule has 1 saturated heterocycles. The van der Waals surface area contributed by atoms with Gasteiger partial charge in [0.2, 0.25) is 0 Å². The highest BCUT2D eigenvalue weighted by atomic mass is 28.4. The number of ether oxygens (including phenoxy) is 2. The molecule has 0 bridgehead atoms. The topological polar surface area (TPSA) is 31.0 Å². The van der Waals surface area contributed by atoms with Crippen LogP contribution in [0.3, 0.4) is 0 Å². The van der Waals surface area contributed by atoms with Crippen LogP contribution in [-0.2, 0) is 20.5 Å². The molecule has 4 heteroatoms. The second-order valence-corrected chi connectivity index (χ2v) is 14.2. The summed E-state index contributed by atoms with van der Waals surface area (Å²) in [6.45, 7) is 9.13. The van der Waals surface area contributed by atoms with Crippen molar-refractivity contribution in [3.8, 4) is 0 Å². The van der Waals surface area contributed by atoms with E-state index < -0.39 is 8.32 Å². The average Bonchev–Trinajstić information content (AvgIpc) is 3.65. The first-order chi connectivity index (χ1) is 16.0. The van der Waals surface area contributed by atoms with Crippen LogP contribution >= 0.6 is 0 Å². The third-order valence-electron chi connectivity index (χ3n) is 6.38. The van der Waals surface area contributed by atoms with Crippen molar-refractivity contribution in [1.82, 2.24) is 0 Å². The zero-order chi connectivity index (χ0) is 23.2. The molecule has 3 aromatic rings. The lowest BCUT2D eigenvalue weighted by atomic mass is 10.1. The van der Waals surface area contributed by atoms with Crippen LogP contribution in [0.4, 0.5) is 0 Å². The summed E-state index contributed by atoms with van der Waals surface area (Å²) in [6, 6.07) is 32.1. The van der Waals surface area contributed by atoms with Gasteiger partial charge < -0.3 is 13.9 Å². The lowest BCUT2D eigenvalue weighted by Crippen LogP contribution is -2.67. The predicted molar refractivity (Wildman–Crippen MR) is 138 cm³/mol. The maximum Gasteiger partial charge on any atom is 0.261 e. The Kier molecular flexibility index (Phi) is 7.81. The third-order valence-corrected chi connectivity index (χ3v) is 11.5. The van der Waals surface area contributed by atoms with E-state index >= 15 is 0 Å². The lowest BCUT2D eigenvalue weighted by molar-refractivity contribution is 0.0728. The third kappa shape index (κ3) is 6.01. The second kappa shape index (κ2) is 10.8. The molecular formula is C29H36O3Si. The van der Waals surface area contributed by atoms with Crippen LogP contribution in [0.1, 0.15) is 39.2 Å². The summed E-state index contributed by atoms with van der Waals surface area (Å²) in [5.74, 6) is 0. The first kappa shape index (κ1) is 23.9. The molecule has 0 spiro atoms. The molecule has 1 aliphatic rings. The van der Waals surface area contributed by atoms with E-state index in [4.69, 9.17) is 13.9 Å². The van der Waals surface area contributed by atoms with Gasteiger partial charge in [0.25, 0.3) is 8.32 Å². The van der Waals surface area contributed by atoms with E-state index in [2.05, 4.69) is 106 Å². The fourth-order valence-electron chi connectivity index (χ4n) is 4.64. The second-order valence-electron chi connectivity index (χ2n) is 9.92. The quantitative estimate of drug-likeness (QED) is 0.220. The van der Waals surface area contributed by atoms with Crippen molar-refractivity contribution >= 4 is 18.7 Å². The van der Waals surface area contributed by atoms with Crippen molar-refractivity contribution in [2.75, 3.05) is 13.2 Å². The summed E-state index contributed by atoms with van der Waals surface area (Å²) < 4.78 is 19.0. The van der Waals surface area contributed by atoms with Gasteiger partial charge in [-0.05, 0) is 27.4 Å². The maximum atomic E-state index is 7.36. The summed E-state index contributed by atoms with van der Waals surface area (Å²) in [4.78, 5) is 0. The van der Waals surface area contributed by atoms with Crippen molar-refractivity contribution in [3.05, 3.63) is 96.6 Å². The molecule has 1 fully saturated rings. The Balaban J connectivity index is 1.59. The minimum absolute atomic E-state index is 0.0384. The van der Waals surface area contributed by atoms with Gasteiger partial charge in [0.15, 0.2) is 0 Å². The molecule has 3 aromatic carbocycles. The van der Waals surface area contributed by atoms with E-state index in [9.17, 15) is 0 Å². The molecule has 0 radical (unpaired) electrons. The monoisotopic (exact) mass is 460 g/mol. The number of hydrogen-bond donors (Lipinski definition) is 0. The first-order valence-corrected chi connectivity index (χ1v) is 13.9. The fraction of sp³-hybridized carbons (Fsp3) is 0.379. The normalized spacial score (nSPS) is 17.0. The summed E-state index contributed by atoms with van der Waals surface area (Å²) in [6.07, 6.45) is 2.16. The van der Waals surface area contributed by atoms with Crippen molar-refractivity contribution < 1.29 is 13.9 Å². The molecule has 0 N–H and O–H groups in total. The molecule has 0 unspecified atom stereocenters. The highest BCUT2D eigenvalue weighted by Crippen LogP contribution is 2.38. The molecule has 0 aliphatic carbocycles. The summed E-state index contributed by atoms with van der Waals surface area (Å²) in [5.41, 5.74) is 1.20. The van der Waals surface area contributed by atoms with Gasteiger partial charge in [0.1, 0.15) is 0 Å². The van der Waals surface area contributed by atoms with Gasteiger partial charge in [-0.1, -0.05) is 112 Å². The van der Waals surface area contributed by atoms with E-state index in [1.54, 1.807) is 0 Å². The van der Waals surface area contributed by atoms with E-state index in [1.165, 1.54) is 15.9 Å². The largest absolute Gasteiger partial charge is 0.404 e. The van der Waals surface area contributed by atoms with Crippen LogP contribution in [0.25, 0.3) is 0 Å². The molecule has 33 heavy (non-hydrogen) atoms. The molecule has 4 rings (SSSR count). The Morgan fingerprint density at radius 2 is 1.36 bits per heavy atom. The summed E-state index contributed by atoms with van der Waals surface area (Å²) >= 11 is 0. The molecule has 1 heterocycles. The number of benzene rings is 3. The molecule has 0 aromatic heterocycles. The summed E-state index contributed by atoms with van der Waals surface area (Å²) in [5, 5.41) is 2.59. The van der Waals surface area contributed by atoms with Crippen LogP contribution < -0.4 is 10.4 Å². The standard InChI is InChI=1S/C29H36O3Si/c1-29(2,3)33(27-15-9-5-10-16-27,28-17-11-6-12-18-28)32-25(21-26-23-31-26)19-20-30-22-24-13-7-4-8-14-24/h4-18,25-26H,19-23H2,1-3H3/t25-,26-/m0/s1. The Bertz CT molecular complexity index is 927. The van der Waals surface area contributed by atoms with E-state index in [1.807, 2.05) is 6.07 Å². The number of rotatable bonds is 11. The fourth-order valence-corrected chi connectivity index (χ4v) is 9.37. The van der Waals surface area contributed by atoms with Crippen molar-refractivity contribution in [1.29, 1.82) is 0 Å². The van der Waals surface area contributed by atoms with E-state index in [0.29, 0.717) is 19.3 Å². The summed E-state index contributed by atoms with van der Waals surface area (Å²) in [7, 11) is -2.59. The molecular weight excluding hydrogens is 424 g/mol. The van der Waals surface area contributed by atoms with Crippen molar-refractivity contribution in [2.24, 2.45) is 0 Å². The van der Waals surface area contributed by atoms with Crippen molar-refractivity contribution in [3.63, 3.8) is 0 Å². The molecule has 1 aliphatic heterocycles. The average molecular weight is 461 g/mol. The van der Waals surface area contributed by atoms with Crippen LogP contribution in [0, 0.1) is 0 Å². The van der Waals surface area contributed by atoms with Gasteiger partial charge in [0, 0.05) is 13.0 Å². The smallest absolute Gasteiger partial charge is 0.261 e. The van der Waals surface area contributed by atoms with Crippen LogP contribution in [-0.4, -0.2) is 33.7 Å². The maximum absolute atomic E-state index is 7.36.